The summed E-state index contributed by atoms with van der Waals surface area (Å²) in [5.74, 6) is -0.321. The predicted octanol–water partition coefficient (Wildman–Crippen LogP) is 3.60. The Hall–Kier alpha value is -1.40. The lowest BCUT2D eigenvalue weighted by atomic mass is 9.96. The summed E-state index contributed by atoms with van der Waals surface area (Å²) in [5, 5.41) is 22.1. The van der Waals surface area contributed by atoms with Gasteiger partial charge in [0.05, 0.1) is 32.7 Å². The first-order valence-electron chi connectivity index (χ1n) is 4.92. The van der Waals surface area contributed by atoms with Crippen LogP contribution in [-0.4, -0.2) is 9.85 Å². The molecule has 0 amide bonds. The maximum atomic E-state index is 11.0. The molecule has 1 rings (SSSR count). The zero-order valence-electron chi connectivity index (χ0n) is 9.70. The van der Waals surface area contributed by atoms with E-state index in [1.165, 1.54) is 13.8 Å². The second-order valence-electron chi connectivity index (χ2n) is 3.69. The van der Waals surface area contributed by atoms with E-state index in [9.17, 15) is 20.2 Å². The van der Waals surface area contributed by atoms with E-state index in [1.807, 2.05) is 0 Å². The summed E-state index contributed by atoms with van der Waals surface area (Å²) >= 11 is 11.3. The van der Waals surface area contributed by atoms with E-state index in [0.29, 0.717) is 0 Å². The first-order valence-corrected chi connectivity index (χ1v) is 5.99. The molecule has 0 heterocycles. The van der Waals surface area contributed by atoms with Gasteiger partial charge < -0.3 is 0 Å². The molecule has 1 aromatic rings. The number of halogens is 2. The van der Waals surface area contributed by atoms with Crippen molar-refractivity contribution in [3.63, 3.8) is 0 Å². The van der Waals surface area contributed by atoms with Gasteiger partial charge in [0, 0.05) is 11.1 Å². The van der Waals surface area contributed by atoms with Gasteiger partial charge in [-0.2, -0.15) is 0 Å². The summed E-state index contributed by atoms with van der Waals surface area (Å²) in [7, 11) is 0. The highest BCUT2D eigenvalue weighted by atomic mass is 35.5. The molecule has 0 saturated heterocycles. The van der Waals surface area contributed by atoms with Crippen LogP contribution in [0.3, 0.4) is 0 Å². The Balaban J connectivity index is 3.85. The third-order valence-corrected chi connectivity index (χ3v) is 3.35. The Labute approximate surface area is 113 Å². The summed E-state index contributed by atoms with van der Waals surface area (Å²) < 4.78 is 0. The van der Waals surface area contributed by atoms with Gasteiger partial charge in [-0.25, -0.2) is 0 Å². The summed E-state index contributed by atoms with van der Waals surface area (Å²) in [6.07, 6.45) is 0. The SMILES string of the molecule is Cc1c(CCl)c([N+](=O)[O-])c(C)c(CCl)c1[N+](=O)[O-]. The van der Waals surface area contributed by atoms with E-state index in [2.05, 4.69) is 0 Å². The summed E-state index contributed by atoms with van der Waals surface area (Å²) in [6.45, 7) is 2.89. The Kier molecular flexibility index (Phi) is 4.48. The molecule has 0 aliphatic carbocycles. The van der Waals surface area contributed by atoms with Gasteiger partial charge in [-0.15, -0.1) is 23.2 Å². The topological polar surface area (TPSA) is 86.3 Å². The fourth-order valence-electron chi connectivity index (χ4n) is 1.91. The number of benzene rings is 1. The number of hydrogen-bond acceptors (Lipinski definition) is 4. The largest absolute Gasteiger partial charge is 0.277 e. The zero-order chi connectivity index (χ0) is 14.0. The number of nitrogens with zero attached hydrogens (tertiary/aromatic N) is 2. The molecular formula is C10H10Cl2N2O4. The molecule has 6 nitrogen and oxygen atoms in total. The minimum Gasteiger partial charge on any atom is -0.258 e. The zero-order valence-corrected chi connectivity index (χ0v) is 11.2. The fraction of sp³-hybridized carbons (Fsp3) is 0.400. The summed E-state index contributed by atoms with van der Waals surface area (Å²) in [5.41, 5.74) is 0.345. The Morgan fingerprint density at radius 3 is 1.33 bits per heavy atom. The van der Waals surface area contributed by atoms with E-state index in [4.69, 9.17) is 23.2 Å². The van der Waals surface area contributed by atoms with Crippen molar-refractivity contribution in [2.75, 3.05) is 0 Å². The normalized spacial score (nSPS) is 10.4. The van der Waals surface area contributed by atoms with Crippen LogP contribution < -0.4 is 0 Å². The molecule has 0 bridgehead atoms. The van der Waals surface area contributed by atoms with E-state index >= 15 is 0 Å². The molecule has 18 heavy (non-hydrogen) atoms. The second kappa shape index (κ2) is 5.49. The highest BCUT2D eigenvalue weighted by Gasteiger charge is 2.31. The molecule has 0 aliphatic heterocycles. The van der Waals surface area contributed by atoms with Crippen LogP contribution in [0, 0.1) is 34.1 Å². The van der Waals surface area contributed by atoms with Crippen molar-refractivity contribution in [3.05, 3.63) is 42.5 Å². The molecule has 8 heteroatoms. The van der Waals surface area contributed by atoms with Crippen molar-refractivity contribution in [3.8, 4) is 0 Å². The lowest BCUT2D eigenvalue weighted by Gasteiger charge is -2.11. The Morgan fingerprint density at radius 1 is 0.889 bits per heavy atom. The van der Waals surface area contributed by atoms with Gasteiger partial charge in [0.1, 0.15) is 0 Å². The summed E-state index contributed by atoms with van der Waals surface area (Å²) in [6, 6.07) is 0. The van der Waals surface area contributed by atoms with E-state index in [-0.39, 0.29) is 45.4 Å². The fourth-order valence-corrected chi connectivity index (χ4v) is 2.57. The summed E-state index contributed by atoms with van der Waals surface area (Å²) in [4.78, 5) is 20.9. The third kappa shape index (κ3) is 2.26. The average Bonchev–Trinajstić information content (AvgIpc) is 2.29. The second-order valence-corrected chi connectivity index (χ2v) is 4.22. The van der Waals surface area contributed by atoms with Crippen molar-refractivity contribution in [2.24, 2.45) is 0 Å². The predicted molar refractivity (Wildman–Crippen MR) is 68.3 cm³/mol. The maximum Gasteiger partial charge on any atom is 0.277 e. The molecule has 0 saturated carbocycles. The molecular weight excluding hydrogens is 283 g/mol. The van der Waals surface area contributed by atoms with Crippen molar-refractivity contribution in [1.29, 1.82) is 0 Å². The van der Waals surface area contributed by atoms with E-state index in [0.717, 1.165) is 0 Å². The first kappa shape index (κ1) is 14.7. The van der Waals surface area contributed by atoms with Crippen LogP contribution in [0.5, 0.6) is 0 Å². The first-order chi connectivity index (χ1) is 8.36. The average molecular weight is 293 g/mol. The molecule has 0 aliphatic rings. The van der Waals surface area contributed by atoms with Crippen LogP contribution in [0.2, 0.25) is 0 Å². The number of rotatable bonds is 4. The van der Waals surface area contributed by atoms with Gasteiger partial charge in [0.2, 0.25) is 0 Å². The maximum absolute atomic E-state index is 11.0. The molecule has 0 unspecified atom stereocenters. The smallest absolute Gasteiger partial charge is 0.258 e. The number of hydrogen-bond donors (Lipinski definition) is 0. The molecule has 0 N–H and O–H groups in total. The van der Waals surface area contributed by atoms with Crippen LogP contribution in [-0.2, 0) is 11.8 Å². The minimum absolute atomic E-state index is 0.160. The van der Waals surface area contributed by atoms with E-state index < -0.39 is 9.85 Å². The molecule has 0 fully saturated rings. The highest BCUT2D eigenvalue weighted by molar-refractivity contribution is 6.18. The molecule has 1 aromatic carbocycles. The van der Waals surface area contributed by atoms with Crippen LogP contribution in [0.1, 0.15) is 22.3 Å². The molecule has 98 valence electrons. The molecule has 0 aromatic heterocycles. The van der Waals surface area contributed by atoms with Gasteiger partial charge in [0.15, 0.2) is 0 Å². The van der Waals surface area contributed by atoms with Crippen molar-refractivity contribution >= 4 is 34.6 Å². The Morgan fingerprint density at radius 2 is 1.17 bits per heavy atom. The minimum atomic E-state index is -0.584. The molecule has 0 spiro atoms. The van der Waals surface area contributed by atoms with Gasteiger partial charge in [-0.3, -0.25) is 20.2 Å². The lowest BCUT2D eigenvalue weighted by Crippen LogP contribution is -2.07. The van der Waals surface area contributed by atoms with Crippen LogP contribution in [0.4, 0.5) is 11.4 Å². The Bertz CT molecular complexity index is 484. The number of nitro groups is 2. The quantitative estimate of drug-likeness (QED) is 0.482. The van der Waals surface area contributed by atoms with Crippen molar-refractivity contribution in [2.45, 2.75) is 25.6 Å². The highest BCUT2D eigenvalue weighted by Crippen LogP contribution is 2.39. The lowest BCUT2D eigenvalue weighted by molar-refractivity contribution is -0.390. The van der Waals surface area contributed by atoms with Gasteiger partial charge >= 0.3 is 0 Å². The van der Waals surface area contributed by atoms with Gasteiger partial charge in [-0.1, -0.05) is 0 Å². The number of alkyl halides is 2. The third-order valence-electron chi connectivity index (χ3n) is 2.82. The van der Waals surface area contributed by atoms with Gasteiger partial charge in [0.25, 0.3) is 11.4 Å². The standard InChI is InChI=1S/C10H10Cl2N2O4/c1-5-7(3-11)10(14(17)18)6(2)8(4-12)9(5)13(15)16/h3-4H2,1-2H3. The van der Waals surface area contributed by atoms with Gasteiger partial charge in [-0.05, 0) is 13.8 Å². The molecule has 0 atom stereocenters. The van der Waals surface area contributed by atoms with Crippen LogP contribution >= 0.6 is 23.2 Å². The van der Waals surface area contributed by atoms with Crippen LogP contribution in [0.15, 0.2) is 0 Å². The van der Waals surface area contributed by atoms with Crippen molar-refractivity contribution < 1.29 is 9.85 Å². The van der Waals surface area contributed by atoms with Crippen LogP contribution in [0.25, 0.3) is 0 Å². The monoisotopic (exact) mass is 292 g/mol. The van der Waals surface area contributed by atoms with Crippen molar-refractivity contribution in [1.82, 2.24) is 0 Å². The number of nitro benzene ring substituents is 2. The van der Waals surface area contributed by atoms with E-state index in [1.54, 1.807) is 0 Å². The molecule has 0 radical (unpaired) electrons.